The maximum absolute atomic E-state index is 4.39. The summed E-state index contributed by atoms with van der Waals surface area (Å²) in [6.07, 6.45) is 6.68. The zero-order chi connectivity index (χ0) is 14.5. The number of aromatic nitrogens is 2. The van der Waals surface area contributed by atoms with E-state index in [0.717, 1.165) is 32.1 Å². The molecule has 0 saturated carbocycles. The molecule has 4 heteroatoms. The van der Waals surface area contributed by atoms with E-state index in [-0.39, 0.29) is 0 Å². The predicted octanol–water partition coefficient (Wildman–Crippen LogP) is 2.50. The Morgan fingerprint density at radius 3 is 2.90 bits per heavy atom. The summed E-state index contributed by atoms with van der Waals surface area (Å²) in [6, 6.07) is 1.26. The van der Waals surface area contributed by atoms with Gasteiger partial charge in [-0.15, -0.1) is 0 Å². The fourth-order valence-corrected chi connectivity index (χ4v) is 2.94. The van der Waals surface area contributed by atoms with E-state index in [1.165, 1.54) is 18.4 Å². The van der Waals surface area contributed by atoms with Crippen molar-refractivity contribution in [2.24, 2.45) is 5.92 Å². The fraction of sp³-hybridized carbons (Fsp3) is 0.812. The highest BCUT2D eigenvalue weighted by Crippen LogP contribution is 2.18. The molecule has 0 aliphatic carbocycles. The van der Waals surface area contributed by atoms with Crippen molar-refractivity contribution >= 4 is 0 Å². The summed E-state index contributed by atoms with van der Waals surface area (Å²) in [6.45, 7) is 13.4. The largest absolute Gasteiger partial charge is 0.312 e. The lowest BCUT2D eigenvalue weighted by molar-refractivity contribution is 0.180. The number of hydrogen-bond donors (Lipinski definition) is 1. The minimum absolute atomic E-state index is 0.617. The van der Waals surface area contributed by atoms with Crippen LogP contribution in [0.1, 0.15) is 46.1 Å². The Hall–Kier alpha value is -0.870. The summed E-state index contributed by atoms with van der Waals surface area (Å²) in [4.78, 5) is 2.62. The molecule has 20 heavy (non-hydrogen) atoms. The van der Waals surface area contributed by atoms with E-state index in [2.05, 4.69) is 49.2 Å². The van der Waals surface area contributed by atoms with Crippen molar-refractivity contribution in [2.45, 2.75) is 65.7 Å². The molecule has 114 valence electrons. The van der Waals surface area contributed by atoms with Crippen LogP contribution in [0, 0.1) is 5.92 Å². The minimum atomic E-state index is 0.617. The monoisotopic (exact) mass is 278 g/mol. The van der Waals surface area contributed by atoms with Gasteiger partial charge in [0.05, 0.1) is 6.20 Å². The normalized spacial score (nSPS) is 26.4. The van der Waals surface area contributed by atoms with Crippen molar-refractivity contribution < 1.29 is 0 Å². The molecule has 4 nitrogen and oxygen atoms in total. The van der Waals surface area contributed by atoms with Crippen LogP contribution in [0.2, 0.25) is 0 Å². The Labute approximate surface area is 123 Å². The second-order valence-electron chi connectivity index (χ2n) is 6.22. The van der Waals surface area contributed by atoms with Gasteiger partial charge in [0.25, 0.3) is 0 Å². The topological polar surface area (TPSA) is 33.1 Å². The lowest BCUT2D eigenvalue weighted by atomic mass is 9.98. The average molecular weight is 278 g/mol. The molecule has 1 saturated heterocycles. The van der Waals surface area contributed by atoms with E-state index in [4.69, 9.17) is 0 Å². The number of nitrogens with zero attached hydrogens (tertiary/aromatic N) is 3. The first kappa shape index (κ1) is 15.5. The molecule has 0 radical (unpaired) electrons. The highest BCUT2D eigenvalue weighted by molar-refractivity contribution is 5.04. The summed E-state index contributed by atoms with van der Waals surface area (Å²) in [5, 5.41) is 8.13. The number of nitrogens with one attached hydrogen (secondary N) is 1. The summed E-state index contributed by atoms with van der Waals surface area (Å²) in [7, 11) is 0. The minimum Gasteiger partial charge on any atom is -0.312 e. The molecule has 1 fully saturated rings. The second kappa shape index (κ2) is 7.23. The van der Waals surface area contributed by atoms with Gasteiger partial charge in [-0.2, -0.15) is 5.10 Å². The zero-order valence-electron chi connectivity index (χ0n) is 13.5. The molecule has 0 aromatic carbocycles. The van der Waals surface area contributed by atoms with E-state index < -0.39 is 0 Å². The van der Waals surface area contributed by atoms with Crippen molar-refractivity contribution in [3.63, 3.8) is 0 Å². The van der Waals surface area contributed by atoms with Gasteiger partial charge in [0.1, 0.15) is 0 Å². The van der Waals surface area contributed by atoms with E-state index in [9.17, 15) is 0 Å². The lowest BCUT2D eigenvalue weighted by Gasteiger charge is -2.30. The van der Waals surface area contributed by atoms with Crippen molar-refractivity contribution in [1.82, 2.24) is 20.0 Å². The van der Waals surface area contributed by atoms with Crippen LogP contribution in [0.5, 0.6) is 0 Å². The van der Waals surface area contributed by atoms with Gasteiger partial charge >= 0.3 is 0 Å². The zero-order valence-corrected chi connectivity index (χ0v) is 13.5. The lowest BCUT2D eigenvalue weighted by Crippen LogP contribution is -2.43. The predicted molar refractivity (Wildman–Crippen MR) is 83.6 cm³/mol. The SMILES string of the molecule is CCC(C)C1CN(Cc2cnn(CC)c2)C(C)CCN1. The molecule has 0 amide bonds. The Kier molecular flexibility index (Phi) is 5.61. The molecule has 2 rings (SSSR count). The number of hydrogen-bond acceptors (Lipinski definition) is 3. The maximum atomic E-state index is 4.39. The van der Waals surface area contributed by atoms with Crippen LogP contribution in [0.25, 0.3) is 0 Å². The van der Waals surface area contributed by atoms with Gasteiger partial charge < -0.3 is 5.32 Å². The third-order valence-electron chi connectivity index (χ3n) is 4.75. The maximum Gasteiger partial charge on any atom is 0.0534 e. The van der Waals surface area contributed by atoms with E-state index in [1.54, 1.807) is 0 Å². The molecule has 1 aliphatic rings. The molecule has 0 spiro atoms. The van der Waals surface area contributed by atoms with Crippen molar-refractivity contribution in [3.05, 3.63) is 18.0 Å². The van der Waals surface area contributed by atoms with Gasteiger partial charge in [-0.1, -0.05) is 20.3 Å². The van der Waals surface area contributed by atoms with Crippen LogP contribution in [-0.2, 0) is 13.1 Å². The Balaban J connectivity index is 2.02. The third-order valence-corrected chi connectivity index (χ3v) is 4.75. The summed E-state index contributed by atoms with van der Waals surface area (Å²) >= 11 is 0. The summed E-state index contributed by atoms with van der Waals surface area (Å²) < 4.78 is 2.02. The highest BCUT2D eigenvalue weighted by atomic mass is 15.3. The molecular formula is C16H30N4. The molecule has 0 bridgehead atoms. The van der Waals surface area contributed by atoms with Gasteiger partial charge in [-0.3, -0.25) is 9.58 Å². The van der Waals surface area contributed by atoms with Crippen molar-refractivity contribution in [3.8, 4) is 0 Å². The van der Waals surface area contributed by atoms with E-state index in [1.807, 2.05) is 10.9 Å². The molecule has 1 N–H and O–H groups in total. The third kappa shape index (κ3) is 3.83. The van der Waals surface area contributed by atoms with Crippen LogP contribution < -0.4 is 5.32 Å². The molecule has 2 heterocycles. The second-order valence-corrected chi connectivity index (χ2v) is 6.22. The molecule has 3 unspecified atom stereocenters. The van der Waals surface area contributed by atoms with E-state index >= 15 is 0 Å². The van der Waals surface area contributed by atoms with Crippen LogP contribution in [0.15, 0.2) is 12.4 Å². The van der Waals surface area contributed by atoms with Crippen LogP contribution in [0.3, 0.4) is 0 Å². The number of rotatable bonds is 5. The van der Waals surface area contributed by atoms with Crippen molar-refractivity contribution in [2.75, 3.05) is 13.1 Å². The average Bonchev–Trinajstić information content (AvgIpc) is 2.83. The fourth-order valence-electron chi connectivity index (χ4n) is 2.94. The molecule has 1 aliphatic heterocycles. The first-order valence-corrected chi connectivity index (χ1v) is 8.12. The summed E-state index contributed by atoms with van der Waals surface area (Å²) in [5.41, 5.74) is 1.34. The first-order valence-electron chi connectivity index (χ1n) is 8.12. The quantitative estimate of drug-likeness (QED) is 0.898. The Morgan fingerprint density at radius 2 is 2.25 bits per heavy atom. The van der Waals surface area contributed by atoms with Gasteiger partial charge in [-0.25, -0.2) is 0 Å². The standard InChI is InChI=1S/C16H30N4/c1-5-13(3)16-12-19(14(4)7-8-17-16)10-15-9-18-20(6-2)11-15/h9,11,13-14,16-17H,5-8,10,12H2,1-4H3. The number of aryl methyl sites for hydroxylation is 1. The molecular weight excluding hydrogens is 248 g/mol. The van der Waals surface area contributed by atoms with Crippen LogP contribution >= 0.6 is 0 Å². The summed E-state index contributed by atoms with van der Waals surface area (Å²) in [5.74, 6) is 0.737. The van der Waals surface area contributed by atoms with Gasteiger partial charge in [-0.05, 0) is 32.7 Å². The smallest absolute Gasteiger partial charge is 0.0534 e. The van der Waals surface area contributed by atoms with Crippen LogP contribution in [0.4, 0.5) is 0 Å². The molecule has 1 aromatic heterocycles. The van der Waals surface area contributed by atoms with Gasteiger partial charge in [0, 0.05) is 43.5 Å². The Morgan fingerprint density at radius 1 is 1.45 bits per heavy atom. The molecule has 1 aromatic rings. The van der Waals surface area contributed by atoms with Gasteiger partial charge in [0.15, 0.2) is 0 Å². The first-order chi connectivity index (χ1) is 9.63. The van der Waals surface area contributed by atoms with Gasteiger partial charge in [0.2, 0.25) is 0 Å². The van der Waals surface area contributed by atoms with Crippen molar-refractivity contribution in [1.29, 1.82) is 0 Å². The molecule has 3 atom stereocenters. The highest BCUT2D eigenvalue weighted by Gasteiger charge is 2.25. The van der Waals surface area contributed by atoms with E-state index in [0.29, 0.717) is 12.1 Å². The van der Waals surface area contributed by atoms with Crippen LogP contribution in [-0.4, -0.2) is 39.9 Å². The Bertz CT molecular complexity index is 401.